The summed E-state index contributed by atoms with van der Waals surface area (Å²) in [7, 11) is 0. The van der Waals surface area contributed by atoms with Crippen molar-refractivity contribution in [1.29, 1.82) is 0 Å². The van der Waals surface area contributed by atoms with E-state index >= 15 is 0 Å². The third kappa shape index (κ3) is 1.51. The average molecular weight is 144 g/mol. The summed E-state index contributed by atoms with van der Waals surface area (Å²) in [4.78, 5) is 0. The van der Waals surface area contributed by atoms with Gasteiger partial charge >= 0.3 is 0 Å². The van der Waals surface area contributed by atoms with Crippen molar-refractivity contribution in [2.45, 2.75) is 6.42 Å². The SMILES string of the molecule is C1=CC2C=CC(/C=C\C=C/2)C1. The Labute approximate surface area is 67.6 Å². The van der Waals surface area contributed by atoms with Gasteiger partial charge in [-0.25, -0.2) is 0 Å². The predicted octanol–water partition coefficient (Wildman–Crippen LogP) is 2.86. The molecule has 0 fully saturated rings. The molecule has 2 rings (SSSR count). The van der Waals surface area contributed by atoms with Crippen LogP contribution < -0.4 is 0 Å². The maximum absolute atomic E-state index is 2.30. The first-order chi connectivity index (χ1) is 5.45. The Morgan fingerprint density at radius 2 is 1.73 bits per heavy atom. The van der Waals surface area contributed by atoms with Crippen molar-refractivity contribution in [3.05, 3.63) is 48.6 Å². The topological polar surface area (TPSA) is 0 Å². The first kappa shape index (κ1) is 6.66. The largest absolute Gasteiger partial charge is 0.0867 e. The molecular weight excluding hydrogens is 132 g/mol. The summed E-state index contributed by atoms with van der Waals surface area (Å²) in [6, 6.07) is 0. The number of hydrogen-bond donors (Lipinski definition) is 0. The molecule has 11 heavy (non-hydrogen) atoms. The van der Waals surface area contributed by atoms with E-state index in [1.54, 1.807) is 0 Å². The Morgan fingerprint density at radius 3 is 2.73 bits per heavy atom. The van der Waals surface area contributed by atoms with Crippen LogP contribution in [-0.4, -0.2) is 0 Å². The Kier molecular flexibility index (Phi) is 1.76. The molecule has 0 radical (unpaired) electrons. The smallest absolute Gasteiger partial charge is 0.0130 e. The van der Waals surface area contributed by atoms with Crippen LogP contribution in [0.3, 0.4) is 0 Å². The van der Waals surface area contributed by atoms with Crippen LogP contribution in [-0.2, 0) is 0 Å². The van der Waals surface area contributed by atoms with E-state index in [4.69, 9.17) is 0 Å². The van der Waals surface area contributed by atoms with Gasteiger partial charge in [0, 0.05) is 5.92 Å². The molecular formula is C11H12. The number of rotatable bonds is 0. The highest BCUT2D eigenvalue weighted by atomic mass is 14.1. The maximum Gasteiger partial charge on any atom is 0.0130 e. The molecule has 0 saturated heterocycles. The van der Waals surface area contributed by atoms with Gasteiger partial charge in [0.2, 0.25) is 0 Å². The van der Waals surface area contributed by atoms with Gasteiger partial charge in [0.1, 0.15) is 0 Å². The second-order valence-electron chi connectivity index (χ2n) is 3.06. The molecule has 0 aromatic rings. The summed E-state index contributed by atoms with van der Waals surface area (Å²) in [5.41, 5.74) is 0. The lowest BCUT2D eigenvalue weighted by Gasteiger charge is -2.02. The fourth-order valence-electron chi connectivity index (χ4n) is 1.48. The van der Waals surface area contributed by atoms with Crippen molar-refractivity contribution in [3.63, 3.8) is 0 Å². The van der Waals surface area contributed by atoms with Crippen LogP contribution >= 0.6 is 0 Å². The molecule has 0 saturated carbocycles. The Balaban J connectivity index is 2.35. The fourth-order valence-corrected chi connectivity index (χ4v) is 1.48. The summed E-state index contributed by atoms with van der Waals surface area (Å²) in [6.45, 7) is 0. The third-order valence-corrected chi connectivity index (χ3v) is 2.15. The minimum atomic E-state index is 0.532. The molecule has 2 atom stereocenters. The lowest BCUT2D eigenvalue weighted by Crippen LogP contribution is -1.89. The molecule has 0 spiro atoms. The zero-order valence-corrected chi connectivity index (χ0v) is 6.48. The maximum atomic E-state index is 2.30. The highest BCUT2D eigenvalue weighted by molar-refractivity contribution is 5.23. The standard InChI is InChI=1S/C11H12/c1-2-5-11-7-3-6-10(4-1)8-9-11/h1-6,8-11H,7H2/b4-1-,5-2-. The van der Waals surface area contributed by atoms with Crippen LogP contribution in [0.2, 0.25) is 0 Å². The molecule has 0 amide bonds. The van der Waals surface area contributed by atoms with Crippen LogP contribution in [0.4, 0.5) is 0 Å². The summed E-state index contributed by atoms with van der Waals surface area (Å²) in [6.07, 6.45) is 19.0. The van der Waals surface area contributed by atoms with E-state index in [1.807, 2.05) is 0 Å². The van der Waals surface area contributed by atoms with Crippen molar-refractivity contribution >= 4 is 0 Å². The van der Waals surface area contributed by atoms with Crippen LogP contribution in [0.1, 0.15) is 6.42 Å². The molecule has 0 aromatic carbocycles. The van der Waals surface area contributed by atoms with Gasteiger partial charge in [0.25, 0.3) is 0 Å². The minimum Gasteiger partial charge on any atom is -0.0867 e. The summed E-state index contributed by atoms with van der Waals surface area (Å²) in [5.74, 6) is 1.16. The molecule has 0 aliphatic heterocycles. The molecule has 0 nitrogen and oxygen atoms in total. The predicted molar refractivity (Wildman–Crippen MR) is 48.2 cm³/mol. The zero-order chi connectivity index (χ0) is 7.52. The summed E-state index contributed by atoms with van der Waals surface area (Å²) < 4.78 is 0. The second-order valence-corrected chi connectivity index (χ2v) is 3.06. The Bertz CT molecular complexity index is 241. The second kappa shape index (κ2) is 2.91. The van der Waals surface area contributed by atoms with Gasteiger partial charge in [-0.1, -0.05) is 48.6 Å². The molecule has 2 unspecified atom stereocenters. The van der Waals surface area contributed by atoms with Gasteiger partial charge in [0.15, 0.2) is 0 Å². The molecule has 0 heterocycles. The third-order valence-electron chi connectivity index (χ3n) is 2.15. The molecule has 2 aliphatic rings. The van der Waals surface area contributed by atoms with Gasteiger partial charge in [0.05, 0.1) is 0 Å². The van der Waals surface area contributed by atoms with E-state index in [-0.39, 0.29) is 0 Å². The van der Waals surface area contributed by atoms with E-state index < -0.39 is 0 Å². The highest BCUT2D eigenvalue weighted by Crippen LogP contribution is 2.19. The van der Waals surface area contributed by atoms with Gasteiger partial charge in [-0.3, -0.25) is 0 Å². The van der Waals surface area contributed by atoms with E-state index in [0.29, 0.717) is 11.8 Å². The van der Waals surface area contributed by atoms with Gasteiger partial charge < -0.3 is 0 Å². The monoisotopic (exact) mass is 144 g/mol. The van der Waals surface area contributed by atoms with Crippen LogP contribution in [0, 0.1) is 11.8 Å². The van der Waals surface area contributed by atoms with Crippen LogP contribution in [0.25, 0.3) is 0 Å². The van der Waals surface area contributed by atoms with Gasteiger partial charge in [-0.2, -0.15) is 0 Å². The van der Waals surface area contributed by atoms with Crippen molar-refractivity contribution in [3.8, 4) is 0 Å². The van der Waals surface area contributed by atoms with Crippen molar-refractivity contribution in [2.75, 3.05) is 0 Å². The summed E-state index contributed by atoms with van der Waals surface area (Å²) in [5, 5.41) is 0. The lowest BCUT2D eigenvalue weighted by molar-refractivity contribution is 0.834. The quantitative estimate of drug-likeness (QED) is 0.458. The van der Waals surface area contributed by atoms with Crippen molar-refractivity contribution < 1.29 is 0 Å². The highest BCUT2D eigenvalue weighted by Gasteiger charge is 2.04. The van der Waals surface area contributed by atoms with Crippen molar-refractivity contribution in [1.82, 2.24) is 0 Å². The van der Waals surface area contributed by atoms with E-state index in [9.17, 15) is 0 Å². The zero-order valence-electron chi connectivity index (χ0n) is 6.48. The van der Waals surface area contributed by atoms with Crippen molar-refractivity contribution in [2.24, 2.45) is 11.8 Å². The first-order valence-electron chi connectivity index (χ1n) is 4.15. The van der Waals surface area contributed by atoms with Crippen LogP contribution in [0.5, 0.6) is 0 Å². The van der Waals surface area contributed by atoms with Gasteiger partial charge in [-0.15, -0.1) is 0 Å². The molecule has 2 aliphatic carbocycles. The molecule has 0 aromatic heterocycles. The number of allylic oxidation sites excluding steroid dienone is 8. The Hall–Kier alpha value is -1.04. The molecule has 0 N–H and O–H groups in total. The van der Waals surface area contributed by atoms with Gasteiger partial charge in [-0.05, 0) is 12.3 Å². The molecule has 0 heteroatoms. The normalized spacial score (nSPS) is 39.3. The lowest BCUT2D eigenvalue weighted by atomic mass is 10.0. The van der Waals surface area contributed by atoms with E-state index in [1.165, 1.54) is 0 Å². The average Bonchev–Trinajstić information content (AvgIpc) is 2.11. The fraction of sp³-hybridized carbons (Fsp3) is 0.273. The van der Waals surface area contributed by atoms with E-state index in [0.717, 1.165) is 6.42 Å². The molecule has 56 valence electrons. The molecule has 2 bridgehead atoms. The van der Waals surface area contributed by atoms with Crippen LogP contribution in [0.15, 0.2) is 48.6 Å². The van der Waals surface area contributed by atoms with E-state index in [2.05, 4.69) is 48.6 Å². The minimum absolute atomic E-state index is 0.532. The number of fused-ring (bicyclic) bond motifs is 2. The number of hydrogen-bond acceptors (Lipinski definition) is 0. The Morgan fingerprint density at radius 1 is 0.818 bits per heavy atom. The summed E-state index contributed by atoms with van der Waals surface area (Å²) >= 11 is 0. The first-order valence-corrected chi connectivity index (χ1v) is 4.15.